The summed E-state index contributed by atoms with van der Waals surface area (Å²) in [5.41, 5.74) is 4.65. The van der Waals surface area contributed by atoms with Gasteiger partial charge in [-0.05, 0) is 68.0 Å². The third-order valence-corrected chi connectivity index (χ3v) is 6.59. The third-order valence-electron chi connectivity index (χ3n) is 6.59. The molecule has 2 saturated heterocycles. The highest BCUT2D eigenvalue weighted by Gasteiger charge is 2.26. The van der Waals surface area contributed by atoms with Gasteiger partial charge in [0.2, 0.25) is 0 Å². The van der Waals surface area contributed by atoms with Gasteiger partial charge < -0.3 is 14.8 Å². The predicted molar refractivity (Wildman–Crippen MR) is 122 cm³/mol. The fourth-order valence-electron chi connectivity index (χ4n) is 4.59. The number of aryl methyl sites for hydroxylation is 1. The Kier molecular flexibility index (Phi) is 5.36. The van der Waals surface area contributed by atoms with Crippen LogP contribution in [0.2, 0.25) is 0 Å². The van der Waals surface area contributed by atoms with Gasteiger partial charge in [0.25, 0.3) is 5.91 Å². The van der Waals surface area contributed by atoms with Gasteiger partial charge in [-0.2, -0.15) is 5.26 Å². The number of aromatic nitrogens is 3. The molecule has 7 nitrogen and oxygen atoms in total. The monoisotopic (exact) mass is 426 g/mol. The number of aromatic amines is 1. The number of H-pyrrole nitrogens is 1. The smallest absolute Gasteiger partial charge is 0.253 e. The van der Waals surface area contributed by atoms with Crippen LogP contribution in [0.5, 0.6) is 0 Å². The van der Waals surface area contributed by atoms with Crippen LogP contribution in [0.4, 0.5) is 5.69 Å². The van der Waals surface area contributed by atoms with Crippen LogP contribution < -0.4 is 4.90 Å². The van der Waals surface area contributed by atoms with E-state index >= 15 is 0 Å². The molecule has 3 heterocycles. The van der Waals surface area contributed by atoms with Gasteiger partial charge in [-0.1, -0.05) is 12.1 Å². The maximum absolute atomic E-state index is 13.3. The minimum atomic E-state index is 0.0657. The van der Waals surface area contributed by atoms with E-state index in [-0.39, 0.29) is 5.91 Å². The number of nitrogens with zero attached hydrogens (tertiary/aromatic N) is 5. The molecular weight excluding hydrogens is 400 g/mol. The maximum Gasteiger partial charge on any atom is 0.253 e. The summed E-state index contributed by atoms with van der Waals surface area (Å²) in [7, 11) is 0. The largest absolute Gasteiger partial charge is 0.371 e. The minimum Gasteiger partial charge on any atom is -0.371 e. The van der Waals surface area contributed by atoms with Gasteiger partial charge in [-0.25, -0.2) is 0 Å². The van der Waals surface area contributed by atoms with E-state index in [1.54, 1.807) is 0 Å². The number of hydrogen-bond acceptors (Lipinski definition) is 5. The molecule has 0 saturated carbocycles. The van der Waals surface area contributed by atoms with E-state index in [4.69, 9.17) is 5.26 Å². The predicted octanol–water partition coefficient (Wildman–Crippen LogP) is 3.88. The fourth-order valence-corrected chi connectivity index (χ4v) is 4.59. The van der Waals surface area contributed by atoms with Crippen LogP contribution >= 0.6 is 0 Å². The van der Waals surface area contributed by atoms with Crippen molar-refractivity contribution in [2.45, 2.75) is 32.1 Å². The van der Waals surface area contributed by atoms with Crippen molar-refractivity contribution in [1.82, 2.24) is 20.1 Å². The zero-order valence-corrected chi connectivity index (χ0v) is 18.2. The molecule has 0 unspecified atom stereocenters. The van der Waals surface area contributed by atoms with Crippen LogP contribution in [0.15, 0.2) is 42.5 Å². The minimum absolute atomic E-state index is 0.0657. The number of carbonyl (C=O) groups is 1. The standard InChI is InChI=1S/C25H26N6O/c1-17-27-24(29-28-17)22-15-21(7-8-23(22)30-11-2-12-30)25(32)31-13-9-20(10-14-31)19-5-3-18(16-26)4-6-19/h3-8,15,20H,2,9-14H2,1H3,(H,27,28,29). The lowest BCUT2D eigenvalue weighted by molar-refractivity contribution is 0.0713. The van der Waals surface area contributed by atoms with Crippen molar-refractivity contribution in [2.24, 2.45) is 0 Å². The Morgan fingerprint density at radius 3 is 2.41 bits per heavy atom. The average Bonchev–Trinajstić information content (AvgIpc) is 3.24. The summed E-state index contributed by atoms with van der Waals surface area (Å²) in [6.45, 7) is 5.39. The number of anilines is 1. The Morgan fingerprint density at radius 2 is 1.81 bits per heavy atom. The molecule has 2 aliphatic rings. The van der Waals surface area contributed by atoms with Crippen molar-refractivity contribution in [1.29, 1.82) is 5.26 Å². The van der Waals surface area contributed by atoms with E-state index in [0.29, 0.717) is 22.9 Å². The van der Waals surface area contributed by atoms with Crippen LogP contribution in [0.1, 0.15) is 52.5 Å². The van der Waals surface area contributed by atoms with Gasteiger partial charge in [0.15, 0.2) is 5.82 Å². The molecule has 0 atom stereocenters. The lowest BCUT2D eigenvalue weighted by Gasteiger charge is -2.35. The lowest BCUT2D eigenvalue weighted by Crippen LogP contribution is -2.38. The summed E-state index contributed by atoms with van der Waals surface area (Å²) < 4.78 is 0. The third kappa shape index (κ3) is 3.84. The van der Waals surface area contributed by atoms with E-state index in [9.17, 15) is 4.79 Å². The zero-order chi connectivity index (χ0) is 22.1. The first-order valence-corrected chi connectivity index (χ1v) is 11.2. The van der Waals surface area contributed by atoms with Crippen LogP contribution in [0.25, 0.3) is 11.4 Å². The van der Waals surface area contributed by atoms with Gasteiger partial charge in [-0.15, -0.1) is 10.2 Å². The number of amides is 1. The molecule has 32 heavy (non-hydrogen) atoms. The van der Waals surface area contributed by atoms with Crippen LogP contribution in [0, 0.1) is 18.3 Å². The highest BCUT2D eigenvalue weighted by atomic mass is 16.2. The van der Waals surface area contributed by atoms with E-state index in [1.807, 2.05) is 54.3 Å². The molecule has 0 aliphatic carbocycles. The first kappa shape index (κ1) is 20.3. The maximum atomic E-state index is 13.3. The molecule has 2 aromatic carbocycles. The number of rotatable bonds is 4. The highest BCUT2D eigenvalue weighted by Crippen LogP contribution is 2.34. The summed E-state index contributed by atoms with van der Waals surface area (Å²) in [6.07, 6.45) is 3.04. The van der Waals surface area contributed by atoms with E-state index in [2.05, 4.69) is 26.2 Å². The Morgan fingerprint density at radius 1 is 1.06 bits per heavy atom. The molecule has 0 radical (unpaired) electrons. The van der Waals surface area contributed by atoms with E-state index in [1.165, 1.54) is 12.0 Å². The Hall–Kier alpha value is -3.66. The topological polar surface area (TPSA) is 88.9 Å². The number of hydrogen-bond donors (Lipinski definition) is 1. The van der Waals surface area contributed by atoms with Gasteiger partial charge in [0.1, 0.15) is 5.82 Å². The molecule has 2 aliphatic heterocycles. The molecule has 1 aromatic heterocycles. The SMILES string of the molecule is Cc1nnc(-c2cc(C(=O)N3CCC(c4ccc(C#N)cc4)CC3)ccc2N2CCC2)[nH]1. The highest BCUT2D eigenvalue weighted by molar-refractivity contribution is 5.97. The number of carbonyl (C=O) groups excluding carboxylic acids is 1. The first-order valence-electron chi connectivity index (χ1n) is 11.2. The van der Waals surface area contributed by atoms with Gasteiger partial charge >= 0.3 is 0 Å². The molecule has 5 rings (SSSR count). The lowest BCUT2D eigenvalue weighted by atomic mass is 9.89. The van der Waals surface area contributed by atoms with Gasteiger partial charge in [0, 0.05) is 43.0 Å². The van der Waals surface area contributed by atoms with Crippen LogP contribution in [0.3, 0.4) is 0 Å². The molecule has 2 fully saturated rings. The number of piperidine rings is 1. The van der Waals surface area contributed by atoms with Gasteiger partial charge in [-0.3, -0.25) is 4.79 Å². The summed E-state index contributed by atoms with van der Waals surface area (Å²) >= 11 is 0. The Labute approximate surface area is 187 Å². The summed E-state index contributed by atoms with van der Waals surface area (Å²) in [4.78, 5) is 20.8. The number of likely N-dealkylation sites (tertiary alicyclic amines) is 1. The molecule has 3 aromatic rings. The van der Waals surface area contributed by atoms with Crippen molar-refractivity contribution < 1.29 is 4.79 Å². The first-order chi connectivity index (χ1) is 15.6. The molecule has 7 heteroatoms. The molecule has 1 amide bonds. The molecule has 1 N–H and O–H groups in total. The second-order valence-electron chi connectivity index (χ2n) is 8.63. The van der Waals surface area contributed by atoms with Crippen molar-refractivity contribution >= 4 is 11.6 Å². The van der Waals surface area contributed by atoms with Crippen LogP contribution in [-0.4, -0.2) is 52.2 Å². The van der Waals surface area contributed by atoms with Crippen molar-refractivity contribution in [2.75, 3.05) is 31.1 Å². The Bertz CT molecular complexity index is 1160. The second-order valence-corrected chi connectivity index (χ2v) is 8.63. The molecule has 0 bridgehead atoms. The number of nitrogens with one attached hydrogen (secondary N) is 1. The zero-order valence-electron chi connectivity index (χ0n) is 18.2. The van der Waals surface area contributed by atoms with Crippen molar-refractivity contribution in [3.05, 3.63) is 65.0 Å². The second kappa shape index (κ2) is 8.46. The number of nitriles is 1. The summed E-state index contributed by atoms with van der Waals surface area (Å²) in [6, 6.07) is 15.9. The van der Waals surface area contributed by atoms with E-state index in [0.717, 1.165) is 56.1 Å². The van der Waals surface area contributed by atoms with Gasteiger partial charge in [0.05, 0.1) is 11.6 Å². The summed E-state index contributed by atoms with van der Waals surface area (Å²) in [5, 5.41) is 17.4. The number of benzene rings is 2. The normalized spacial score (nSPS) is 16.5. The summed E-state index contributed by atoms with van der Waals surface area (Å²) in [5.74, 6) is 1.96. The Balaban J connectivity index is 1.33. The molecule has 0 spiro atoms. The van der Waals surface area contributed by atoms with E-state index < -0.39 is 0 Å². The molecular formula is C25H26N6O. The van der Waals surface area contributed by atoms with Crippen LogP contribution in [-0.2, 0) is 0 Å². The average molecular weight is 427 g/mol. The quantitative estimate of drug-likeness (QED) is 0.684. The molecule has 162 valence electrons. The van der Waals surface area contributed by atoms with Crippen molar-refractivity contribution in [3.8, 4) is 17.5 Å². The van der Waals surface area contributed by atoms with Crippen molar-refractivity contribution in [3.63, 3.8) is 0 Å². The fraction of sp³-hybridized carbons (Fsp3) is 0.360.